The molecule has 2 aromatic heterocycles. The molecule has 5 nitrogen and oxygen atoms in total. The lowest BCUT2D eigenvalue weighted by Gasteiger charge is -2.12. The Morgan fingerprint density at radius 3 is 2.37 bits per heavy atom. The number of hydrogen-bond acceptors (Lipinski definition) is 3. The van der Waals surface area contributed by atoms with Crippen LogP contribution in [0.5, 0.6) is 0 Å². The van der Waals surface area contributed by atoms with E-state index in [9.17, 15) is 4.79 Å². The molecule has 30 heavy (non-hydrogen) atoms. The molecular formula is C24H23ClN4O. The van der Waals surface area contributed by atoms with E-state index < -0.39 is 0 Å². The van der Waals surface area contributed by atoms with Crippen molar-refractivity contribution in [2.24, 2.45) is 0 Å². The summed E-state index contributed by atoms with van der Waals surface area (Å²) >= 11 is 5.91. The summed E-state index contributed by atoms with van der Waals surface area (Å²) in [7, 11) is 0. The number of rotatable bonds is 5. The van der Waals surface area contributed by atoms with E-state index in [1.165, 1.54) is 11.1 Å². The Bertz CT molecular complexity index is 1210. The van der Waals surface area contributed by atoms with Crippen LogP contribution in [0.1, 0.15) is 44.0 Å². The second-order valence-corrected chi connectivity index (χ2v) is 7.96. The van der Waals surface area contributed by atoms with Gasteiger partial charge < -0.3 is 5.32 Å². The Hall–Kier alpha value is -3.18. The van der Waals surface area contributed by atoms with Crippen LogP contribution in [-0.2, 0) is 13.0 Å². The summed E-state index contributed by atoms with van der Waals surface area (Å²) < 4.78 is 1.76. The van der Waals surface area contributed by atoms with Crippen LogP contribution in [0.3, 0.4) is 0 Å². The van der Waals surface area contributed by atoms with E-state index in [-0.39, 0.29) is 5.91 Å². The molecule has 0 aliphatic heterocycles. The first-order chi connectivity index (χ1) is 14.4. The van der Waals surface area contributed by atoms with Gasteiger partial charge in [-0.1, -0.05) is 53.6 Å². The molecular weight excluding hydrogens is 396 g/mol. The van der Waals surface area contributed by atoms with E-state index in [1.807, 2.05) is 38.1 Å². The van der Waals surface area contributed by atoms with E-state index in [0.29, 0.717) is 22.8 Å². The maximum absolute atomic E-state index is 12.8. The average Bonchev–Trinajstić information content (AvgIpc) is 3.16. The predicted octanol–water partition coefficient (Wildman–Crippen LogP) is 4.83. The number of nitrogens with zero attached hydrogens (tertiary/aromatic N) is 3. The number of aryl methyl sites for hydroxylation is 3. The molecule has 0 aliphatic carbocycles. The van der Waals surface area contributed by atoms with E-state index in [0.717, 1.165) is 28.9 Å². The summed E-state index contributed by atoms with van der Waals surface area (Å²) in [6, 6.07) is 15.9. The van der Waals surface area contributed by atoms with Gasteiger partial charge in [-0.3, -0.25) is 4.79 Å². The molecule has 2 aromatic carbocycles. The standard InChI is InChI=1S/C24H23ClN4O/c1-15-4-6-18(7-5-15)12-21-16(2)28-23-22(14-27-29(23)17(21)3)24(30)26-13-19-8-10-20(25)11-9-19/h4-11,14H,12-13H2,1-3H3,(H,26,30). The van der Waals surface area contributed by atoms with Crippen molar-refractivity contribution < 1.29 is 4.79 Å². The van der Waals surface area contributed by atoms with Gasteiger partial charge in [0.2, 0.25) is 0 Å². The molecule has 4 rings (SSSR count). The van der Waals surface area contributed by atoms with Crippen LogP contribution in [0, 0.1) is 20.8 Å². The highest BCUT2D eigenvalue weighted by atomic mass is 35.5. The quantitative estimate of drug-likeness (QED) is 0.505. The predicted molar refractivity (Wildman–Crippen MR) is 119 cm³/mol. The van der Waals surface area contributed by atoms with Gasteiger partial charge in [0.1, 0.15) is 5.56 Å². The van der Waals surface area contributed by atoms with Gasteiger partial charge in [0.05, 0.1) is 6.20 Å². The van der Waals surface area contributed by atoms with Crippen LogP contribution in [0.25, 0.3) is 5.65 Å². The molecule has 0 radical (unpaired) electrons. The van der Waals surface area contributed by atoms with E-state index >= 15 is 0 Å². The van der Waals surface area contributed by atoms with E-state index in [1.54, 1.807) is 10.7 Å². The maximum Gasteiger partial charge on any atom is 0.257 e. The van der Waals surface area contributed by atoms with Gasteiger partial charge in [-0.15, -0.1) is 0 Å². The first kappa shape index (κ1) is 20.1. The molecule has 1 N–H and O–H groups in total. The van der Waals surface area contributed by atoms with Crippen molar-refractivity contribution in [1.29, 1.82) is 0 Å². The number of amides is 1. The second kappa shape index (κ2) is 8.28. The van der Waals surface area contributed by atoms with Crippen molar-refractivity contribution in [3.05, 3.63) is 99.0 Å². The average molecular weight is 419 g/mol. The highest BCUT2D eigenvalue weighted by molar-refractivity contribution is 6.30. The summed E-state index contributed by atoms with van der Waals surface area (Å²) in [5.74, 6) is -0.197. The zero-order chi connectivity index (χ0) is 21.3. The first-order valence-electron chi connectivity index (χ1n) is 9.84. The number of carbonyl (C=O) groups is 1. The minimum atomic E-state index is -0.197. The molecule has 152 valence electrons. The van der Waals surface area contributed by atoms with Crippen LogP contribution in [-0.4, -0.2) is 20.5 Å². The lowest BCUT2D eigenvalue weighted by molar-refractivity contribution is 0.0952. The van der Waals surface area contributed by atoms with Crippen LogP contribution < -0.4 is 5.32 Å². The number of nitrogens with one attached hydrogen (secondary N) is 1. The summed E-state index contributed by atoms with van der Waals surface area (Å²) in [6.07, 6.45) is 2.36. The SMILES string of the molecule is Cc1ccc(Cc2c(C)nc3c(C(=O)NCc4ccc(Cl)cc4)cnn3c2C)cc1. The lowest BCUT2D eigenvalue weighted by atomic mass is 10.0. The molecule has 4 aromatic rings. The van der Waals surface area contributed by atoms with Crippen LogP contribution in [0.2, 0.25) is 5.02 Å². The molecule has 0 saturated heterocycles. The summed E-state index contributed by atoms with van der Waals surface area (Å²) in [6.45, 7) is 6.50. The minimum Gasteiger partial charge on any atom is -0.348 e. The fourth-order valence-electron chi connectivity index (χ4n) is 3.52. The van der Waals surface area contributed by atoms with Crippen LogP contribution >= 0.6 is 11.6 Å². The third-order valence-electron chi connectivity index (χ3n) is 5.32. The molecule has 6 heteroatoms. The molecule has 0 saturated carbocycles. The Labute approximate surface area is 180 Å². The molecule has 0 aliphatic rings. The maximum atomic E-state index is 12.8. The summed E-state index contributed by atoms with van der Waals surface area (Å²) in [4.78, 5) is 17.5. The molecule has 0 fully saturated rings. The highest BCUT2D eigenvalue weighted by Crippen LogP contribution is 2.21. The Kier molecular flexibility index (Phi) is 5.55. The molecule has 0 unspecified atom stereocenters. The van der Waals surface area contributed by atoms with Gasteiger partial charge in [-0.25, -0.2) is 9.50 Å². The third-order valence-corrected chi connectivity index (χ3v) is 5.57. The number of carbonyl (C=O) groups excluding carboxylic acids is 1. The van der Waals surface area contributed by atoms with Gasteiger partial charge in [-0.05, 0) is 49.6 Å². The van der Waals surface area contributed by atoms with Gasteiger partial charge in [0, 0.05) is 29.4 Å². The minimum absolute atomic E-state index is 0.197. The zero-order valence-corrected chi connectivity index (χ0v) is 18.0. The zero-order valence-electron chi connectivity index (χ0n) is 17.2. The van der Waals surface area contributed by atoms with E-state index in [2.05, 4.69) is 41.6 Å². The monoisotopic (exact) mass is 418 g/mol. The van der Waals surface area contributed by atoms with Crippen LogP contribution in [0.4, 0.5) is 0 Å². The summed E-state index contributed by atoms with van der Waals surface area (Å²) in [5.41, 5.74) is 7.52. The van der Waals surface area contributed by atoms with Gasteiger partial charge in [0.25, 0.3) is 5.91 Å². The fraction of sp³-hybridized carbons (Fsp3) is 0.208. The van der Waals surface area contributed by atoms with Crippen molar-refractivity contribution in [3.8, 4) is 0 Å². The van der Waals surface area contributed by atoms with Gasteiger partial charge in [-0.2, -0.15) is 5.10 Å². The molecule has 1 amide bonds. The normalized spacial score (nSPS) is 11.1. The molecule has 0 atom stereocenters. The Balaban J connectivity index is 1.59. The van der Waals surface area contributed by atoms with Crippen molar-refractivity contribution in [1.82, 2.24) is 19.9 Å². The number of aromatic nitrogens is 3. The molecule has 0 spiro atoms. The Morgan fingerprint density at radius 2 is 1.67 bits per heavy atom. The topological polar surface area (TPSA) is 59.3 Å². The second-order valence-electron chi connectivity index (χ2n) is 7.53. The largest absolute Gasteiger partial charge is 0.348 e. The molecule has 0 bridgehead atoms. The summed E-state index contributed by atoms with van der Waals surface area (Å²) in [5, 5.41) is 8.05. The fourth-order valence-corrected chi connectivity index (χ4v) is 3.64. The van der Waals surface area contributed by atoms with Crippen molar-refractivity contribution >= 4 is 23.2 Å². The molecule has 2 heterocycles. The van der Waals surface area contributed by atoms with Crippen molar-refractivity contribution in [3.63, 3.8) is 0 Å². The van der Waals surface area contributed by atoms with Gasteiger partial charge >= 0.3 is 0 Å². The van der Waals surface area contributed by atoms with Crippen LogP contribution in [0.15, 0.2) is 54.7 Å². The number of hydrogen-bond donors (Lipinski definition) is 1. The van der Waals surface area contributed by atoms with Gasteiger partial charge in [0.15, 0.2) is 5.65 Å². The number of fused-ring (bicyclic) bond motifs is 1. The smallest absolute Gasteiger partial charge is 0.257 e. The number of halogens is 1. The van der Waals surface area contributed by atoms with Crippen molar-refractivity contribution in [2.45, 2.75) is 33.7 Å². The van der Waals surface area contributed by atoms with E-state index in [4.69, 9.17) is 16.6 Å². The highest BCUT2D eigenvalue weighted by Gasteiger charge is 2.18. The third kappa shape index (κ3) is 4.07. The number of benzene rings is 2. The first-order valence-corrected chi connectivity index (χ1v) is 10.2. The Morgan fingerprint density at radius 1 is 1.00 bits per heavy atom. The van der Waals surface area contributed by atoms with Crippen molar-refractivity contribution in [2.75, 3.05) is 0 Å². The lowest BCUT2D eigenvalue weighted by Crippen LogP contribution is -2.23.